The van der Waals surface area contributed by atoms with E-state index >= 15 is 0 Å². The zero-order chi connectivity index (χ0) is 13.7. The lowest BCUT2D eigenvalue weighted by molar-refractivity contribution is -0.142. The Balaban J connectivity index is 2.72. The van der Waals surface area contributed by atoms with Crippen molar-refractivity contribution in [1.82, 2.24) is 5.32 Å². The van der Waals surface area contributed by atoms with Crippen LogP contribution in [0.3, 0.4) is 0 Å². The first-order valence-electron chi connectivity index (χ1n) is 5.99. The number of aryl methyl sites for hydroxylation is 1. The maximum atomic E-state index is 11.5. The molecule has 1 aromatic carbocycles. The minimum Gasteiger partial charge on any atom is -0.480 e. The molecule has 0 radical (unpaired) electrons. The molecule has 0 saturated carbocycles. The van der Waals surface area contributed by atoms with E-state index in [1.165, 1.54) is 0 Å². The number of carbonyl (C=O) groups is 2. The molecule has 98 valence electrons. The van der Waals surface area contributed by atoms with Gasteiger partial charge in [-0.2, -0.15) is 0 Å². The normalized spacial score (nSPS) is 12.2. The third-order valence-corrected chi connectivity index (χ3v) is 2.70. The van der Waals surface area contributed by atoms with Gasteiger partial charge in [0.15, 0.2) is 0 Å². The van der Waals surface area contributed by atoms with Crippen molar-refractivity contribution in [3.63, 3.8) is 0 Å². The van der Waals surface area contributed by atoms with Gasteiger partial charge in [-0.1, -0.05) is 43.7 Å². The van der Waals surface area contributed by atoms with Crippen LogP contribution in [0, 0.1) is 12.8 Å². The minimum absolute atomic E-state index is 0.218. The maximum absolute atomic E-state index is 11.5. The molecule has 0 spiro atoms. The monoisotopic (exact) mass is 249 g/mol. The number of benzene rings is 1. The van der Waals surface area contributed by atoms with E-state index in [0.29, 0.717) is 6.42 Å². The van der Waals surface area contributed by atoms with Crippen LogP contribution in [0.1, 0.15) is 25.0 Å². The number of hydrogen-bond acceptors (Lipinski definition) is 2. The molecule has 4 heteroatoms. The van der Waals surface area contributed by atoms with Crippen LogP contribution in [-0.2, 0) is 16.0 Å². The summed E-state index contributed by atoms with van der Waals surface area (Å²) >= 11 is 0. The van der Waals surface area contributed by atoms with Gasteiger partial charge in [0.25, 0.3) is 0 Å². The third-order valence-electron chi connectivity index (χ3n) is 2.70. The quantitative estimate of drug-likeness (QED) is 0.835. The van der Waals surface area contributed by atoms with E-state index in [4.69, 9.17) is 5.11 Å². The van der Waals surface area contributed by atoms with Crippen molar-refractivity contribution in [1.29, 1.82) is 0 Å². The summed E-state index contributed by atoms with van der Waals surface area (Å²) in [4.78, 5) is 22.6. The lowest BCUT2D eigenvalue weighted by Crippen LogP contribution is -2.44. The van der Waals surface area contributed by atoms with Gasteiger partial charge in [0, 0.05) is 12.3 Å². The molecular weight excluding hydrogens is 230 g/mol. The Morgan fingerprint density at radius 3 is 2.22 bits per heavy atom. The molecular formula is C14H19NO3. The van der Waals surface area contributed by atoms with E-state index in [1.54, 1.807) is 13.8 Å². The summed E-state index contributed by atoms with van der Waals surface area (Å²) in [6, 6.07) is 6.75. The number of rotatable bonds is 5. The summed E-state index contributed by atoms with van der Waals surface area (Å²) in [5.74, 6) is -1.47. The predicted octanol–water partition coefficient (Wildman–Crippen LogP) is 1.76. The van der Waals surface area contributed by atoms with E-state index in [2.05, 4.69) is 5.32 Å². The molecule has 1 atom stereocenters. The maximum Gasteiger partial charge on any atom is 0.326 e. The zero-order valence-electron chi connectivity index (χ0n) is 10.9. The molecule has 1 unspecified atom stereocenters. The van der Waals surface area contributed by atoms with Crippen LogP contribution >= 0.6 is 0 Å². The molecule has 0 fully saturated rings. The third kappa shape index (κ3) is 4.20. The second-order valence-electron chi connectivity index (χ2n) is 4.74. The number of nitrogens with one attached hydrogen (secondary N) is 1. The first-order chi connectivity index (χ1) is 8.40. The Kier molecular flexibility index (Phi) is 4.89. The van der Waals surface area contributed by atoms with Crippen LogP contribution in [0.5, 0.6) is 0 Å². The lowest BCUT2D eigenvalue weighted by Gasteiger charge is -2.16. The van der Waals surface area contributed by atoms with Crippen LogP contribution in [0.4, 0.5) is 0 Å². The molecule has 0 aromatic heterocycles. The van der Waals surface area contributed by atoms with Crippen molar-refractivity contribution in [2.24, 2.45) is 5.92 Å². The van der Waals surface area contributed by atoms with Crippen LogP contribution in [0.25, 0.3) is 0 Å². The molecule has 1 rings (SSSR count). The van der Waals surface area contributed by atoms with E-state index in [9.17, 15) is 9.59 Å². The molecule has 4 nitrogen and oxygen atoms in total. The molecule has 1 aromatic rings. The van der Waals surface area contributed by atoms with E-state index in [-0.39, 0.29) is 11.8 Å². The van der Waals surface area contributed by atoms with Crippen LogP contribution in [0.2, 0.25) is 0 Å². The fourth-order valence-corrected chi connectivity index (χ4v) is 1.50. The Labute approximate surface area is 107 Å². The first kappa shape index (κ1) is 14.2. The number of carboxylic acids is 1. The van der Waals surface area contributed by atoms with E-state index in [1.807, 2.05) is 31.2 Å². The summed E-state index contributed by atoms with van der Waals surface area (Å²) in [6.45, 7) is 5.44. The number of aliphatic carboxylic acids is 1. The minimum atomic E-state index is -1.01. The molecule has 0 aliphatic heterocycles. The highest BCUT2D eigenvalue weighted by molar-refractivity contribution is 5.84. The zero-order valence-corrected chi connectivity index (χ0v) is 10.9. The number of hydrogen-bond donors (Lipinski definition) is 2. The van der Waals surface area contributed by atoms with Crippen LogP contribution in [0.15, 0.2) is 24.3 Å². The van der Waals surface area contributed by atoms with Crippen LogP contribution < -0.4 is 5.32 Å². The topological polar surface area (TPSA) is 66.4 Å². The lowest BCUT2D eigenvalue weighted by atomic mass is 10.0. The predicted molar refractivity (Wildman–Crippen MR) is 69.3 cm³/mol. The molecule has 0 saturated heterocycles. The standard InChI is InChI=1S/C14H19NO3/c1-9(2)13(16)15-12(14(17)18)8-11-6-4-10(3)5-7-11/h4-7,9,12H,8H2,1-3H3,(H,15,16)(H,17,18). The molecule has 0 bridgehead atoms. The summed E-state index contributed by atoms with van der Waals surface area (Å²) in [6.07, 6.45) is 0.300. The highest BCUT2D eigenvalue weighted by atomic mass is 16.4. The van der Waals surface area contributed by atoms with Gasteiger partial charge < -0.3 is 10.4 Å². The Morgan fingerprint density at radius 2 is 1.78 bits per heavy atom. The second kappa shape index (κ2) is 6.19. The van der Waals surface area contributed by atoms with Crippen molar-refractivity contribution in [3.05, 3.63) is 35.4 Å². The first-order valence-corrected chi connectivity index (χ1v) is 5.99. The summed E-state index contributed by atoms with van der Waals surface area (Å²) in [5, 5.41) is 11.6. The van der Waals surface area contributed by atoms with Crippen LogP contribution in [-0.4, -0.2) is 23.0 Å². The van der Waals surface area contributed by atoms with Gasteiger partial charge in [0.2, 0.25) is 5.91 Å². The average Bonchev–Trinajstić information content (AvgIpc) is 2.30. The number of carbonyl (C=O) groups excluding carboxylic acids is 1. The highest BCUT2D eigenvalue weighted by Crippen LogP contribution is 2.07. The Hall–Kier alpha value is -1.84. The summed E-state index contributed by atoms with van der Waals surface area (Å²) in [7, 11) is 0. The average molecular weight is 249 g/mol. The van der Waals surface area contributed by atoms with E-state index in [0.717, 1.165) is 11.1 Å². The molecule has 2 N–H and O–H groups in total. The largest absolute Gasteiger partial charge is 0.480 e. The summed E-state index contributed by atoms with van der Waals surface area (Å²) in [5.41, 5.74) is 2.02. The number of amides is 1. The van der Waals surface area contributed by atoms with Gasteiger partial charge in [0.05, 0.1) is 0 Å². The SMILES string of the molecule is Cc1ccc(CC(NC(=O)C(C)C)C(=O)O)cc1. The molecule has 0 aliphatic rings. The van der Waals surface area contributed by atoms with E-state index < -0.39 is 12.0 Å². The van der Waals surface area contributed by atoms with Crippen molar-refractivity contribution in [3.8, 4) is 0 Å². The van der Waals surface area contributed by atoms with Crippen molar-refractivity contribution < 1.29 is 14.7 Å². The Morgan fingerprint density at radius 1 is 1.22 bits per heavy atom. The molecule has 0 aliphatic carbocycles. The van der Waals surface area contributed by atoms with Crippen molar-refractivity contribution in [2.45, 2.75) is 33.2 Å². The fraction of sp³-hybridized carbons (Fsp3) is 0.429. The fourth-order valence-electron chi connectivity index (χ4n) is 1.50. The molecule has 18 heavy (non-hydrogen) atoms. The van der Waals surface area contributed by atoms with Gasteiger partial charge in [-0.15, -0.1) is 0 Å². The van der Waals surface area contributed by atoms with Crippen molar-refractivity contribution >= 4 is 11.9 Å². The second-order valence-corrected chi connectivity index (χ2v) is 4.74. The summed E-state index contributed by atoms with van der Waals surface area (Å²) < 4.78 is 0. The molecule has 1 amide bonds. The Bertz CT molecular complexity index is 423. The van der Waals surface area contributed by atoms with Gasteiger partial charge in [-0.25, -0.2) is 4.79 Å². The molecule has 0 heterocycles. The van der Waals surface area contributed by atoms with Gasteiger partial charge in [0.1, 0.15) is 6.04 Å². The highest BCUT2D eigenvalue weighted by Gasteiger charge is 2.21. The smallest absolute Gasteiger partial charge is 0.326 e. The van der Waals surface area contributed by atoms with Gasteiger partial charge >= 0.3 is 5.97 Å². The van der Waals surface area contributed by atoms with Gasteiger partial charge in [-0.05, 0) is 12.5 Å². The van der Waals surface area contributed by atoms with Gasteiger partial charge in [-0.3, -0.25) is 4.79 Å². The number of carboxylic acid groups (broad SMARTS) is 1. The van der Waals surface area contributed by atoms with Crippen molar-refractivity contribution in [2.75, 3.05) is 0 Å².